The molecule has 8 heteroatoms. The highest BCUT2D eigenvalue weighted by Crippen LogP contribution is 2.26. The van der Waals surface area contributed by atoms with Gasteiger partial charge in [0.15, 0.2) is 0 Å². The van der Waals surface area contributed by atoms with Gasteiger partial charge in [0.05, 0.1) is 10.6 Å². The molecule has 0 saturated carbocycles. The van der Waals surface area contributed by atoms with Gasteiger partial charge in [-0.05, 0) is 49.4 Å². The highest BCUT2D eigenvalue weighted by Gasteiger charge is 2.27. The Morgan fingerprint density at radius 2 is 1.71 bits per heavy atom. The molecular formula is C23H23ClN2O3S2. The fourth-order valence-electron chi connectivity index (χ4n) is 2.85. The summed E-state index contributed by atoms with van der Waals surface area (Å²) in [4.78, 5) is 13.8. The van der Waals surface area contributed by atoms with Gasteiger partial charge in [-0.25, -0.2) is 8.42 Å². The van der Waals surface area contributed by atoms with E-state index in [-0.39, 0.29) is 17.3 Å². The molecule has 3 aromatic rings. The van der Waals surface area contributed by atoms with E-state index in [1.54, 1.807) is 42.1 Å². The summed E-state index contributed by atoms with van der Waals surface area (Å²) in [6.45, 7) is 1.96. The van der Waals surface area contributed by atoms with E-state index < -0.39 is 10.0 Å². The smallest absolute Gasteiger partial charge is 0.264 e. The molecule has 0 unspecified atom stereocenters. The van der Waals surface area contributed by atoms with Crippen molar-refractivity contribution in [3.8, 4) is 0 Å². The highest BCUT2D eigenvalue weighted by atomic mass is 35.5. The number of halogens is 1. The van der Waals surface area contributed by atoms with E-state index in [0.29, 0.717) is 23.0 Å². The molecule has 3 aromatic carbocycles. The molecule has 0 radical (unpaired) electrons. The average Bonchev–Trinajstić information content (AvgIpc) is 2.76. The predicted molar refractivity (Wildman–Crippen MR) is 127 cm³/mol. The van der Waals surface area contributed by atoms with Gasteiger partial charge in [-0.2, -0.15) is 0 Å². The first-order chi connectivity index (χ1) is 14.9. The minimum absolute atomic E-state index is 0.116. The number of rotatable bonds is 9. The lowest BCUT2D eigenvalue weighted by atomic mass is 10.2. The summed E-state index contributed by atoms with van der Waals surface area (Å²) >= 11 is 7.70. The van der Waals surface area contributed by atoms with Gasteiger partial charge in [-0.15, -0.1) is 11.8 Å². The minimum Gasteiger partial charge on any atom is -0.354 e. The van der Waals surface area contributed by atoms with Crippen LogP contribution in [0.15, 0.2) is 88.7 Å². The number of amides is 1. The summed E-state index contributed by atoms with van der Waals surface area (Å²) in [7, 11) is -3.95. The summed E-state index contributed by atoms with van der Waals surface area (Å²) in [5.41, 5.74) is 1.28. The molecule has 0 spiro atoms. The van der Waals surface area contributed by atoms with Crippen molar-refractivity contribution in [3.63, 3.8) is 0 Å². The van der Waals surface area contributed by atoms with Crippen molar-refractivity contribution in [2.24, 2.45) is 0 Å². The zero-order valence-corrected chi connectivity index (χ0v) is 19.4. The molecule has 0 aliphatic rings. The number of thioether (sulfide) groups is 1. The monoisotopic (exact) mass is 474 g/mol. The fourth-order valence-corrected chi connectivity index (χ4v) is 5.23. The maximum absolute atomic E-state index is 13.3. The van der Waals surface area contributed by atoms with E-state index in [4.69, 9.17) is 11.6 Å². The second-order valence-electron chi connectivity index (χ2n) is 6.82. The van der Waals surface area contributed by atoms with E-state index in [1.165, 1.54) is 18.2 Å². The van der Waals surface area contributed by atoms with Crippen molar-refractivity contribution in [2.45, 2.75) is 16.7 Å². The Labute approximate surface area is 192 Å². The van der Waals surface area contributed by atoms with E-state index in [2.05, 4.69) is 5.32 Å². The van der Waals surface area contributed by atoms with Crippen LogP contribution in [-0.4, -0.2) is 33.2 Å². The number of nitrogens with one attached hydrogen (secondary N) is 1. The summed E-state index contributed by atoms with van der Waals surface area (Å²) in [5.74, 6) is 0.293. The van der Waals surface area contributed by atoms with E-state index in [1.807, 2.05) is 37.3 Å². The van der Waals surface area contributed by atoms with Gasteiger partial charge in [0.2, 0.25) is 5.91 Å². The van der Waals surface area contributed by atoms with Crippen molar-refractivity contribution >= 4 is 45.0 Å². The maximum atomic E-state index is 13.3. The number of sulfonamides is 1. The van der Waals surface area contributed by atoms with E-state index in [0.717, 1.165) is 14.8 Å². The number of carbonyl (C=O) groups excluding carboxylic acids is 1. The average molecular weight is 475 g/mol. The van der Waals surface area contributed by atoms with E-state index in [9.17, 15) is 13.2 Å². The largest absolute Gasteiger partial charge is 0.354 e. The van der Waals surface area contributed by atoms with Crippen LogP contribution in [0.1, 0.15) is 5.56 Å². The molecule has 0 aromatic heterocycles. The van der Waals surface area contributed by atoms with Gasteiger partial charge in [-0.3, -0.25) is 9.10 Å². The van der Waals surface area contributed by atoms with Crippen LogP contribution < -0.4 is 9.62 Å². The van der Waals surface area contributed by atoms with Crippen molar-refractivity contribution < 1.29 is 13.2 Å². The lowest BCUT2D eigenvalue weighted by Gasteiger charge is -2.24. The van der Waals surface area contributed by atoms with E-state index >= 15 is 0 Å². The molecule has 0 fully saturated rings. The summed E-state index contributed by atoms with van der Waals surface area (Å²) in [6, 6.07) is 22.9. The van der Waals surface area contributed by atoms with Crippen LogP contribution in [0.25, 0.3) is 0 Å². The molecule has 31 heavy (non-hydrogen) atoms. The Balaban J connectivity index is 1.72. The number of nitrogens with zero attached hydrogens (tertiary/aromatic N) is 1. The molecule has 0 heterocycles. The van der Waals surface area contributed by atoms with Crippen LogP contribution in [0.3, 0.4) is 0 Å². The number of hydrogen-bond donors (Lipinski definition) is 1. The van der Waals surface area contributed by atoms with Crippen LogP contribution >= 0.6 is 23.4 Å². The minimum atomic E-state index is -3.95. The Hall–Kier alpha value is -2.48. The topological polar surface area (TPSA) is 66.5 Å². The first kappa shape index (κ1) is 23.2. The van der Waals surface area contributed by atoms with Gasteiger partial charge in [0.25, 0.3) is 10.0 Å². The van der Waals surface area contributed by atoms with Crippen LogP contribution in [0.5, 0.6) is 0 Å². The molecule has 1 N–H and O–H groups in total. The van der Waals surface area contributed by atoms with Gasteiger partial charge < -0.3 is 5.32 Å². The van der Waals surface area contributed by atoms with Crippen molar-refractivity contribution in [2.75, 3.05) is 23.1 Å². The number of anilines is 1. The summed E-state index contributed by atoms with van der Waals surface area (Å²) in [6.07, 6.45) is 0. The van der Waals surface area contributed by atoms with Gasteiger partial charge >= 0.3 is 0 Å². The zero-order chi connectivity index (χ0) is 22.3. The van der Waals surface area contributed by atoms with Gasteiger partial charge in [0.1, 0.15) is 6.54 Å². The quantitative estimate of drug-likeness (QED) is 0.359. The first-order valence-corrected chi connectivity index (χ1v) is 12.5. The third-order valence-electron chi connectivity index (χ3n) is 4.43. The number of aryl methyl sites for hydroxylation is 1. The molecule has 0 bridgehead atoms. The van der Waals surface area contributed by atoms with Gasteiger partial charge in [0, 0.05) is 22.2 Å². The molecule has 3 rings (SSSR count). The third-order valence-corrected chi connectivity index (χ3v) is 7.47. The molecule has 0 saturated heterocycles. The second kappa shape index (κ2) is 10.7. The predicted octanol–water partition coefficient (Wildman–Crippen LogP) is 4.75. The number of carbonyl (C=O) groups is 1. The summed E-state index contributed by atoms with van der Waals surface area (Å²) in [5, 5.41) is 3.19. The molecule has 0 aliphatic carbocycles. The lowest BCUT2D eigenvalue weighted by Crippen LogP contribution is -2.41. The molecule has 0 aliphatic heterocycles. The Kier molecular flexibility index (Phi) is 8.01. The molecule has 162 valence electrons. The fraction of sp³-hybridized carbons (Fsp3) is 0.174. The second-order valence-corrected chi connectivity index (χ2v) is 10.3. The first-order valence-electron chi connectivity index (χ1n) is 9.66. The van der Waals surface area contributed by atoms with Crippen LogP contribution in [0.2, 0.25) is 5.02 Å². The van der Waals surface area contributed by atoms with Crippen molar-refractivity contribution in [1.82, 2.24) is 5.32 Å². The van der Waals surface area contributed by atoms with Crippen LogP contribution in [0, 0.1) is 6.92 Å². The van der Waals surface area contributed by atoms with Crippen LogP contribution in [0.4, 0.5) is 5.69 Å². The van der Waals surface area contributed by atoms with Crippen LogP contribution in [-0.2, 0) is 14.8 Å². The Morgan fingerprint density at radius 1 is 1.00 bits per heavy atom. The molecular weight excluding hydrogens is 452 g/mol. The highest BCUT2D eigenvalue weighted by molar-refractivity contribution is 7.99. The lowest BCUT2D eigenvalue weighted by molar-refractivity contribution is -0.119. The van der Waals surface area contributed by atoms with Crippen molar-refractivity contribution in [1.29, 1.82) is 0 Å². The molecule has 1 amide bonds. The van der Waals surface area contributed by atoms with Crippen molar-refractivity contribution in [3.05, 3.63) is 89.4 Å². The maximum Gasteiger partial charge on any atom is 0.264 e. The molecule has 5 nitrogen and oxygen atoms in total. The third kappa shape index (κ3) is 6.50. The summed E-state index contributed by atoms with van der Waals surface area (Å²) < 4.78 is 27.7. The molecule has 0 atom stereocenters. The Bertz CT molecular complexity index is 1120. The standard InChI is InChI=1S/C23H23ClN2O3S2/c1-18-10-12-22(13-11-18)31(28,29)26(20-7-5-6-19(24)16-20)17-23(27)25-14-15-30-21-8-3-2-4-9-21/h2-13,16H,14-15,17H2,1H3,(H,25,27). The normalized spacial score (nSPS) is 11.2. The zero-order valence-electron chi connectivity index (χ0n) is 17.0. The number of benzene rings is 3. The SMILES string of the molecule is Cc1ccc(S(=O)(=O)N(CC(=O)NCCSc2ccccc2)c2cccc(Cl)c2)cc1. The number of hydrogen-bond acceptors (Lipinski definition) is 4. The van der Waals surface area contributed by atoms with Gasteiger partial charge in [-0.1, -0.05) is 53.6 Å². The Morgan fingerprint density at radius 3 is 2.39 bits per heavy atom.